The van der Waals surface area contributed by atoms with Gasteiger partial charge in [0, 0.05) is 10.0 Å². The molecule has 4 rings (SSSR count). The van der Waals surface area contributed by atoms with Crippen LogP contribution in [0.2, 0.25) is 0 Å². The third kappa shape index (κ3) is 5.57. The van der Waals surface area contributed by atoms with Crippen molar-refractivity contribution >= 4 is 39.3 Å². The normalized spacial score (nSPS) is 14.8. The first-order valence-electron chi connectivity index (χ1n) is 12.3. The summed E-state index contributed by atoms with van der Waals surface area (Å²) in [6, 6.07) is 8.12. The average molecular weight is 630 g/mol. The first-order valence-corrected chi connectivity index (χ1v) is 13.9. The molecule has 0 aliphatic carbocycles. The molecule has 210 valence electrons. The summed E-state index contributed by atoms with van der Waals surface area (Å²) in [4.78, 5) is 32.3. The van der Waals surface area contributed by atoms with Crippen LogP contribution < -0.4 is 33.8 Å². The standard InChI is InChI=1S/C29H29BrN2O7S/c1-7-11-39-20-10-9-19(30)12-17(20)15-23-27(33)32-25(18-13-21(35-4)26(37-6)22(14-18)36-5)24(28(34)38-8-2)16(3)31-29(32)40-23/h7,9-10,12-15,25H,1,8,11H2,2-6H3/b23-15-/t25-/m1/s1. The van der Waals surface area contributed by atoms with E-state index in [1.54, 1.807) is 38.1 Å². The summed E-state index contributed by atoms with van der Waals surface area (Å²) in [7, 11) is 4.51. The average Bonchev–Trinajstić information content (AvgIpc) is 3.24. The van der Waals surface area contributed by atoms with Crippen molar-refractivity contribution in [2.24, 2.45) is 4.99 Å². The molecule has 0 amide bonds. The Labute approximate surface area is 243 Å². The van der Waals surface area contributed by atoms with Crippen molar-refractivity contribution in [1.82, 2.24) is 4.57 Å². The fourth-order valence-electron chi connectivity index (χ4n) is 4.42. The lowest BCUT2D eigenvalue weighted by atomic mass is 9.95. The van der Waals surface area contributed by atoms with Gasteiger partial charge in [0.15, 0.2) is 16.3 Å². The molecule has 0 saturated carbocycles. The molecule has 0 radical (unpaired) electrons. The number of ether oxygens (including phenoxy) is 5. The van der Waals surface area contributed by atoms with E-state index in [4.69, 9.17) is 23.7 Å². The zero-order chi connectivity index (χ0) is 29.0. The predicted octanol–water partition coefficient (Wildman–Crippen LogP) is 4.15. The maximum Gasteiger partial charge on any atom is 0.338 e. The summed E-state index contributed by atoms with van der Waals surface area (Å²) >= 11 is 4.71. The molecule has 40 heavy (non-hydrogen) atoms. The van der Waals surface area contributed by atoms with E-state index >= 15 is 0 Å². The van der Waals surface area contributed by atoms with Crippen molar-refractivity contribution in [3.05, 3.63) is 89.5 Å². The molecule has 1 aliphatic heterocycles. The molecule has 0 unspecified atom stereocenters. The zero-order valence-corrected chi connectivity index (χ0v) is 25.2. The molecule has 9 nitrogen and oxygen atoms in total. The second kappa shape index (κ2) is 12.6. The van der Waals surface area contributed by atoms with E-state index in [0.29, 0.717) is 55.8 Å². The van der Waals surface area contributed by atoms with Gasteiger partial charge in [-0.3, -0.25) is 9.36 Å². The van der Waals surface area contributed by atoms with Crippen LogP contribution in [0.3, 0.4) is 0 Å². The van der Waals surface area contributed by atoms with Crippen LogP contribution >= 0.6 is 27.3 Å². The molecule has 11 heteroatoms. The van der Waals surface area contributed by atoms with E-state index < -0.39 is 12.0 Å². The van der Waals surface area contributed by atoms with Gasteiger partial charge in [0.05, 0.1) is 49.8 Å². The van der Waals surface area contributed by atoms with Crippen LogP contribution in [0.4, 0.5) is 0 Å². The van der Waals surface area contributed by atoms with Crippen LogP contribution in [0.25, 0.3) is 6.08 Å². The topological polar surface area (TPSA) is 97.6 Å². The van der Waals surface area contributed by atoms with E-state index in [9.17, 15) is 9.59 Å². The van der Waals surface area contributed by atoms with Crippen molar-refractivity contribution in [2.75, 3.05) is 34.5 Å². The first kappa shape index (κ1) is 29.2. The third-order valence-corrected chi connectivity index (χ3v) is 7.61. The molecule has 0 bridgehead atoms. The fourth-order valence-corrected chi connectivity index (χ4v) is 5.84. The summed E-state index contributed by atoms with van der Waals surface area (Å²) in [5.74, 6) is 1.19. The number of nitrogens with zero attached hydrogens (tertiary/aromatic N) is 2. The van der Waals surface area contributed by atoms with Crippen LogP contribution in [0.1, 0.15) is 31.0 Å². The minimum Gasteiger partial charge on any atom is -0.493 e. The molecule has 0 spiro atoms. The minimum atomic E-state index is -0.856. The smallest absolute Gasteiger partial charge is 0.338 e. The van der Waals surface area contributed by atoms with Gasteiger partial charge in [0.25, 0.3) is 5.56 Å². The number of carbonyl (C=O) groups is 1. The Morgan fingerprint density at radius 3 is 2.42 bits per heavy atom. The number of allylic oxidation sites excluding steroid dienone is 1. The van der Waals surface area contributed by atoms with Crippen LogP contribution in [-0.2, 0) is 9.53 Å². The maximum atomic E-state index is 14.0. The van der Waals surface area contributed by atoms with Crippen LogP contribution in [0.15, 0.2) is 68.5 Å². The van der Waals surface area contributed by atoms with Gasteiger partial charge in [-0.15, -0.1) is 0 Å². The van der Waals surface area contributed by atoms with E-state index in [1.165, 1.54) is 37.2 Å². The molecular weight excluding hydrogens is 600 g/mol. The number of fused-ring (bicyclic) bond motifs is 1. The third-order valence-electron chi connectivity index (χ3n) is 6.13. The highest BCUT2D eigenvalue weighted by atomic mass is 79.9. The van der Waals surface area contributed by atoms with Gasteiger partial charge in [-0.25, -0.2) is 9.79 Å². The number of benzene rings is 2. The number of esters is 1. The lowest BCUT2D eigenvalue weighted by Crippen LogP contribution is -2.40. The summed E-state index contributed by atoms with van der Waals surface area (Å²) in [5.41, 5.74) is 1.63. The summed E-state index contributed by atoms with van der Waals surface area (Å²) in [5, 5.41) is 0. The van der Waals surface area contributed by atoms with Crippen LogP contribution in [0.5, 0.6) is 23.0 Å². The molecule has 1 atom stereocenters. The molecule has 0 saturated heterocycles. The quantitative estimate of drug-likeness (QED) is 0.246. The molecule has 0 fully saturated rings. The van der Waals surface area contributed by atoms with Gasteiger partial charge in [-0.05, 0) is 55.8 Å². The highest BCUT2D eigenvalue weighted by Crippen LogP contribution is 2.42. The highest BCUT2D eigenvalue weighted by Gasteiger charge is 2.34. The monoisotopic (exact) mass is 628 g/mol. The van der Waals surface area contributed by atoms with E-state index in [1.807, 2.05) is 18.2 Å². The minimum absolute atomic E-state index is 0.165. The van der Waals surface area contributed by atoms with E-state index in [0.717, 1.165) is 4.47 Å². The molecule has 1 aliphatic rings. The zero-order valence-electron chi connectivity index (χ0n) is 22.8. The van der Waals surface area contributed by atoms with Crippen molar-refractivity contribution in [3.8, 4) is 23.0 Å². The lowest BCUT2D eigenvalue weighted by molar-refractivity contribution is -0.139. The van der Waals surface area contributed by atoms with Crippen molar-refractivity contribution in [3.63, 3.8) is 0 Å². The number of hydrogen-bond acceptors (Lipinski definition) is 9. The molecular formula is C29H29BrN2O7S. The van der Waals surface area contributed by atoms with Gasteiger partial charge in [-0.2, -0.15) is 0 Å². The van der Waals surface area contributed by atoms with E-state index in [2.05, 4.69) is 27.5 Å². The number of methoxy groups -OCH3 is 3. The number of thiazole rings is 1. The summed E-state index contributed by atoms with van der Waals surface area (Å²) < 4.78 is 30.5. The van der Waals surface area contributed by atoms with Gasteiger partial charge in [0.1, 0.15) is 12.4 Å². The highest BCUT2D eigenvalue weighted by molar-refractivity contribution is 9.10. The maximum absolute atomic E-state index is 14.0. The van der Waals surface area contributed by atoms with Crippen LogP contribution in [-0.4, -0.2) is 45.1 Å². The summed E-state index contributed by atoms with van der Waals surface area (Å²) in [6.45, 7) is 7.63. The molecule has 0 N–H and O–H groups in total. The molecule has 3 aromatic rings. The number of halogens is 1. The summed E-state index contributed by atoms with van der Waals surface area (Å²) in [6.07, 6.45) is 3.40. The van der Waals surface area contributed by atoms with Gasteiger partial charge in [0.2, 0.25) is 5.75 Å². The van der Waals surface area contributed by atoms with Gasteiger partial charge < -0.3 is 23.7 Å². The SMILES string of the molecule is C=CCOc1ccc(Br)cc1/C=c1\sc2n(c1=O)[C@H](c1cc(OC)c(OC)c(OC)c1)C(C(=O)OCC)=C(C)N=2. The molecule has 2 aromatic carbocycles. The van der Waals surface area contributed by atoms with Crippen LogP contribution in [0, 0.1) is 0 Å². The molecule has 2 heterocycles. The molecule has 1 aromatic heterocycles. The van der Waals surface area contributed by atoms with Gasteiger partial charge >= 0.3 is 5.97 Å². The van der Waals surface area contributed by atoms with Crippen molar-refractivity contribution < 1.29 is 28.5 Å². The first-order chi connectivity index (χ1) is 19.3. The predicted molar refractivity (Wildman–Crippen MR) is 156 cm³/mol. The second-order valence-electron chi connectivity index (χ2n) is 8.54. The number of rotatable bonds is 10. The second-order valence-corrected chi connectivity index (χ2v) is 10.5. The van der Waals surface area contributed by atoms with Gasteiger partial charge in [-0.1, -0.05) is 39.9 Å². The Kier molecular flexibility index (Phi) is 9.16. The number of carbonyl (C=O) groups excluding carboxylic acids is 1. The lowest BCUT2D eigenvalue weighted by Gasteiger charge is -2.26. The largest absolute Gasteiger partial charge is 0.493 e. The van der Waals surface area contributed by atoms with Crippen molar-refractivity contribution in [2.45, 2.75) is 19.9 Å². The van der Waals surface area contributed by atoms with Crippen molar-refractivity contribution in [1.29, 1.82) is 0 Å². The Balaban J connectivity index is 2.01. The number of aromatic nitrogens is 1. The Morgan fingerprint density at radius 2 is 1.82 bits per heavy atom. The number of hydrogen-bond donors (Lipinski definition) is 0. The Morgan fingerprint density at radius 1 is 1.12 bits per heavy atom. The Hall–Kier alpha value is -3.83. The van der Waals surface area contributed by atoms with E-state index in [-0.39, 0.29) is 17.7 Å². The fraction of sp³-hybridized carbons (Fsp3) is 0.276. The Bertz CT molecular complexity index is 1650.